The lowest BCUT2D eigenvalue weighted by Crippen LogP contribution is -2.33. The molecule has 0 saturated carbocycles. The minimum absolute atomic E-state index is 0.236. The Morgan fingerprint density at radius 2 is 1.64 bits per heavy atom. The van der Waals surface area contributed by atoms with Crippen LogP contribution in [0.1, 0.15) is 41.6 Å². The van der Waals surface area contributed by atoms with Gasteiger partial charge in [0.1, 0.15) is 18.1 Å². The lowest BCUT2D eigenvalue weighted by atomic mass is 9.98. The number of carbonyl (C=O) groups is 1. The monoisotopic (exact) mass is 478 g/mol. The van der Waals surface area contributed by atoms with Crippen LogP contribution in [0.2, 0.25) is 0 Å². The number of carbonyl (C=O) groups excluding carboxylic acids is 1. The van der Waals surface area contributed by atoms with E-state index in [9.17, 15) is 4.79 Å². The molecule has 4 aromatic rings. The molecule has 2 aromatic carbocycles. The molecule has 1 fully saturated rings. The Morgan fingerprint density at radius 1 is 0.833 bits per heavy atom. The van der Waals surface area contributed by atoms with Crippen LogP contribution in [0.5, 0.6) is 5.75 Å². The molecule has 1 saturated heterocycles. The van der Waals surface area contributed by atoms with Gasteiger partial charge in [-0.25, -0.2) is 4.68 Å². The maximum atomic E-state index is 12.1. The molecule has 6 heteroatoms. The molecule has 2 aromatic heterocycles. The number of ketones is 1. The van der Waals surface area contributed by atoms with Crippen molar-refractivity contribution in [3.63, 3.8) is 0 Å². The number of benzene rings is 2. The van der Waals surface area contributed by atoms with Gasteiger partial charge in [0.25, 0.3) is 0 Å². The smallest absolute Gasteiger partial charge is 0.163 e. The van der Waals surface area contributed by atoms with E-state index in [-0.39, 0.29) is 5.78 Å². The molecule has 1 aliphatic carbocycles. The van der Waals surface area contributed by atoms with Crippen LogP contribution in [0.15, 0.2) is 73.2 Å². The molecule has 3 heterocycles. The van der Waals surface area contributed by atoms with Crippen molar-refractivity contribution in [1.29, 1.82) is 0 Å². The summed E-state index contributed by atoms with van der Waals surface area (Å²) in [5.41, 5.74) is 6.95. The van der Waals surface area contributed by atoms with Gasteiger partial charge in [-0.05, 0) is 79.9 Å². The van der Waals surface area contributed by atoms with Gasteiger partial charge in [0.15, 0.2) is 5.78 Å². The summed E-state index contributed by atoms with van der Waals surface area (Å²) in [7, 11) is 0. The second kappa shape index (κ2) is 10.1. The summed E-state index contributed by atoms with van der Waals surface area (Å²) in [4.78, 5) is 18.8. The quantitative estimate of drug-likeness (QED) is 0.346. The molecule has 0 N–H and O–H groups in total. The zero-order chi connectivity index (χ0) is 24.3. The van der Waals surface area contributed by atoms with Gasteiger partial charge in [-0.3, -0.25) is 14.7 Å². The molecule has 6 rings (SSSR count). The number of Topliss-reactive ketones (excluding diaryl/α,β-unsaturated/α-hetero) is 1. The van der Waals surface area contributed by atoms with Gasteiger partial charge in [0, 0.05) is 48.2 Å². The van der Waals surface area contributed by atoms with Crippen molar-refractivity contribution < 1.29 is 9.53 Å². The van der Waals surface area contributed by atoms with Crippen LogP contribution in [0, 0.1) is 0 Å². The molecule has 2 aliphatic rings. The third-order valence-electron chi connectivity index (χ3n) is 7.23. The van der Waals surface area contributed by atoms with Crippen molar-refractivity contribution in [3.8, 4) is 33.8 Å². The van der Waals surface area contributed by atoms with Gasteiger partial charge in [-0.15, -0.1) is 0 Å². The van der Waals surface area contributed by atoms with E-state index < -0.39 is 0 Å². The first-order valence-electron chi connectivity index (χ1n) is 12.9. The Labute approximate surface area is 211 Å². The molecule has 1 aliphatic heterocycles. The number of fused-ring (bicyclic) bond motifs is 1. The zero-order valence-electron chi connectivity index (χ0n) is 20.4. The standard InChI is InChI=1S/C30H30N4O2/c35-29-11-5-23-20-24(4-10-27(23)29)28-21-34(32-30(28)22-12-14-31-15-13-22)25-6-8-26(9-7-25)36-19-18-33-16-2-1-3-17-33/h4,6-10,12-15,20-21H,1-3,5,11,16-19H2. The fraction of sp³-hybridized carbons (Fsp3) is 0.300. The molecular formula is C30H30N4O2. The van der Waals surface area contributed by atoms with Crippen molar-refractivity contribution in [2.45, 2.75) is 32.1 Å². The molecule has 0 spiro atoms. The number of nitrogens with zero attached hydrogens (tertiary/aromatic N) is 4. The molecule has 36 heavy (non-hydrogen) atoms. The maximum absolute atomic E-state index is 12.1. The minimum atomic E-state index is 0.236. The Kier molecular flexibility index (Phi) is 6.35. The number of rotatable bonds is 7. The zero-order valence-corrected chi connectivity index (χ0v) is 20.4. The van der Waals surface area contributed by atoms with Crippen molar-refractivity contribution in [2.24, 2.45) is 0 Å². The minimum Gasteiger partial charge on any atom is -0.492 e. The van der Waals surface area contributed by atoms with Crippen LogP contribution >= 0.6 is 0 Å². The van der Waals surface area contributed by atoms with E-state index in [0.717, 1.165) is 57.9 Å². The summed E-state index contributed by atoms with van der Waals surface area (Å²) < 4.78 is 7.93. The van der Waals surface area contributed by atoms with Crippen LogP contribution in [-0.4, -0.2) is 51.7 Å². The van der Waals surface area contributed by atoms with Crippen molar-refractivity contribution in [3.05, 3.63) is 84.3 Å². The second-order valence-electron chi connectivity index (χ2n) is 9.61. The van der Waals surface area contributed by atoms with Gasteiger partial charge in [0.2, 0.25) is 0 Å². The highest BCUT2D eigenvalue weighted by atomic mass is 16.5. The highest BCUT2D eigenvalue weighted by Crippen LogP contribution is 2.35. The molecule has 6 nitrogen and oxygen atoms in total. The van der Waals surface area contributed by atoms with E-state index in [1.165, 1.54) is 32.4 Å². The van der Waals surface area contributed by atoms with E-state index in [2.05, 4.69) is 22.1 Å². The highest BCUT2D eigenvalue weighted by molar-refractivity contribution is 6.01. The van der Waals surface area contributed by atoms with Gasteiger partial charge in [0.05, 0.1) is 5.69 Å². The van der Waals surface area contributed by atoms with E-state index in [4.69, 9.17) is 9.84 Å². The maximum Gasteiger partial charge on any atom is 0.163 e. The molecule has 0 amide bonds. The number of likely N-dealkylation sites (tertiary alicyclic amines) is 1. The van der Waals surface area contributed by atoms with E-state index in [1.54, 1.807) is 12.4 Å². The van der Waals surface area contributed by atoms with Gasteiger partial charge in [-0.1, -0.05) is 24.6 Å². The van der Waals surface area contributed by atoms with E-state index in [1.807, 2.05) is 53.2 Å². The fourth-order valence-electron chi connectivity index (χ4n) is 5.23. The van der Waals surface area contributed by atoms with Crippen molar-refractivity contribution in [2.75, 3.05) is 26.2 Å². The third-order valence-corrected chi connectivity index (χ3v) is 7.23. The third kappa shape index (κ3) is 4.69. The lowest BCUT2D eigenvalue weighted by Gasteiger charge is -2.26. The number of hydrogen-bond donors (Lipinski definition) is 0. The number of aromatic nitrogens is 3. The molecule has 0 radical (unpaired) electrons. The summed E-state index contributed by atoms with van der Waals surface area (Å²) in [5.74, 6) is 1.11. The van der Waals surface area contributed by atoms with Crippen LogP contribution < -0.4 is 4.74 Å². The summed E-state index contributed by atoms with van der Waals surface area (Å²) in [6.45, 7) is 4.05. The first kappa shape index (κ1) is 22.7. The van der Waals surface area contributed by atoms with E-state index >= 15 is 0 Å². The number of ether oxygens (including phenoxy) is 1. The molecule has 182 valence electrons. The summed E-state index contributed by atoms with van der Waals surface area (Å²) in [6, 6.07) is 18.2. The molecule has 0 unspecified atom stereocenters. The Morgan fingerprint density at radius 3 is 2.44 bits per heavy atom. The number of piperidine rings is 1. The molecule has 0 atom stereocenters. The Bertz CT molecular complexity index is 1360. The van der Waals surface area contributed by atoms with Gasteiger partial charge >= 0.3 is 0 Å². The summed E-state index contributed by atoms with van der Waals surface area (Å²) >= 11 is 0. The van der Waals surface area contributed by atoms with Crippen molar-refractivity contribution >= 4 is 5.78 Å². The predicted molar refractivity (Wildman–Crippen MR) is 141 cm³/mol. The lowest BCUT2D eigenvalue weighted by molar-refractivity contribution is 0.0994. The number of hydrogen-bond acceptors (Lipinski definition) is 5. The number of pyridine rings is 1. The van der Waals surface area contributed by atoms with Crippen LogP contribution in [0.4, 0.5) is 0 Å². The van der Waals surface area contributed by atoms with Crippen molar-refractivity contribution in [1.82, 2.24) is 19.7 Å². The Balaban J connectivity index is 1.25. The summed E-state index contributed by atoms with van der Waals surface area (Å²) in [5, 5.41) is 4.96. The highest BCUT2D eigenvalue weighted by Gasteiger charge is 2.21. The van der Waals surface area contributed by atoms with E-state index in [0.29, 0.717) is 13.0 Å². The normalized spacial score (nSPS) is 15.7. The second-order valence-corrected chi connectivity index (χ2v) is 9.61. The van der Waals surface area contributed by atoms with Gasteiger partial charge in [-0.2, -0.15) is 5.10 Å². The van der Waals surface area contributed by atoms with Crippen LogP contribution in [0.25, 0.3) is 28.1 Å². The molecule has 0 bridgehead atoms. The topological polar surface area (TPSA) is 60.2 Å². The average Bonchev–Trinajstić information content (AvgIpc) is 3.54. The first-order chi connectivity index (χ1) is 17.7. The first-order valence-corrected chi connectivity index (χ1v) is 12.9. The van der Waals surface area contributed by atoms with Gasteiger partial charge < -0.3 is 4.74 Å². The fourth-order valence-corrected chi connectivity index (χ4v) is 5.23. The average molecular weight is 479 g/mol. The SMILES string of the molecule is O=C1CCc2cc(-c3cn(-c4ccc(OCCN5CCCCC5)cc4)nc3-c3ccncc3)ccc21. The predicted octanol–water partition coefficient (Wildman–Crippen LogP) is 5.59. The number of aryl methyl sites for hydroxylation is 1. The van der Waals surface area contributed by atoms with Crippen LogP contribution in [-0.2, 0) is 6.42 Å². The summed E-state index contributed by atoms with van der Waals surface area (Å²) in [6.07, 6.45) is 11.0. The molecular weight excluding hydrogens is 448 g/mol. The Hall–Kier alpha value is -3.77. The van der Waals surface area contributed by atoms with Crippen LogP contribution in [0.3, 0.4) is 0 Å². The largest absolute Gasteiger partial charge is 0.492 e.